The van der Waals surface area contributed by atoms with Crippen LogP contribution < -0.4 is 10.1 Å². The second-order valence-corrected chi connectivity index (χ2v) is 5.93. The fourth-order valence-electron chi connectivity index (χ4n) is 2.67. The summed E-state index contributed by atoms with van der Waals surface area (Å²) in [7, 11) is 3.52. The number of carbonyl (C=O) groups is 1. The topological polar surface area (TPSA) is 44.8 Å². The Kier molecular flexibility index (Phi) is 4.01. The first-order chi connectivity index (χ1) is 10.2. The molecule has 0 unspecified atom stereocenters. The third-order valence-corrected chi connectivity index (χ3v) is 4.18. The molecule has 0 spiro atoms. The van der Waals surface area contributed by atoms with Gasteiger partial charge < -0.3 is 19.9 Å². The quantitative estimate of drug-likeness (QED) is 0.869. The molecule has 2 fully saturated rings. The molecule has 1 heterocycles. The van der Waals surface area contributed by atoms with Gasteiger partial charge in [0.2, 0.25) is 0 Å². The lowest BCUT2D eigenvalue weighted by atomic mass is 10.1. The maximum absolute atomic E-state index is 12.0. The van der Waals surface area contributed by atoms with Gasteiger partial charge in [-0.3, -0.25) is 0 Å². The molecule has 1 saturated carbocycles. The number of amides is 2. The maximum Gasteiger partial charge on any atom is 0.320 e. The number of likely N-dealkylation sites (N-methyl/N-ethyl adjacent to an activating group) is 1. The molecule has 1 saturated heterocycles. The summed E-state index contributed by atoms with van der Waals surface area (Å²) in [5.74, 6) is 0.854. The van der Waals surface area contributed by atoms with Crippen molar-refractivity contribution in [3.63, 3.8) is 0 Å². The largest absolute Gasteiger partial charge is 0.496 e. The van der Waals surface area contributed by atoms with Crippen molar-refractivity contribution in [3.8, 4) is 5.75 Å². The number of ether oxygens (including phenoxy) is 1. The maximum atomic E-state index is 12.0. The third-order valence-electron chi connectivity index (χ3n) is 4.18. The molecule has 2 aliphatic rings. The Labute approximate surface area is 125 Å². The zero-order valence-corrected chi connectivity index (χ0v) is 12.8. The Balaban J connectivity index is 1.71. The lowest BCUT2D eigenvalue weighted by Gasteiger charge is -2.18. The standard InChI is InChI=1S/C16H23N3O2/c1-18-7-8-19(16(18)20)11-13-9-12(3-6-15(13)21-2)10-17-14-4-5-14/h3,6,9,14,17H,4-5,7-8,10-11H2,1-2H3. The van der Waals surface area contributed by atoms with Crippen LogP contribution in [-0.4, -0.2) is 49.1 Å². The van der Waals surface area contributed by atoms with Crippen LogP contribution in [0.4, 0.5) is 4.79 Å². The Morgan fingerprint density at radius 2 is 2.14 bits per heavy atom. The Morgan fingerprint density at radius 1 is 1.33 bits per heavy atom. The van der Waals surface area contributed by atoms with E-state index in [0.717, 1.165) is 30.9 Å². The van der Waals surface area contributed by atoms with Crippen molar-refractivity contribution in [2.24, 2.45) is 0 Å². The van der Waals surface area contributed by atoms with Crippen LogP contribution in [0.5, 0.6) is 5.75 Å². The zero-order chi connectivity index (χ0) is 14.8. The molecule has 0 aromatic heterocycles. The first kappa shape index (κ1) is 14.2. The number of urea groups is 1. The van der Waals surface area contributed by atoms with Crippen molar-refractivity contribution in [2.75, 3.05) is 27.2 Å². The van der Waals surface area contributed by atoms with Crippen molar-refractivity contribution in [3.05, 3.63) is 29.3 Å². The molecule has 0 atom stereocenters. The third kappa shape index (κ3) is 3.29. The Bertz CT molecular complexity index is 528. The summed E-state index contributed by atoms with van der Waals surface area (Å²) in [4.78, 5) is 15.6. The minimum absolute atomic E-state index is 0.0959. The summed E-state index contributed by atoms with van der Waals surface area (Å²) in [6.45, 7) is 3.08. The molecule has 3 rings (SSSR count). The molecular formula is C16H23N3O2. The first-order valence-electron chi connectivity index (χ1n) is 7.56. The van der Waals surface area contributed by atoms with Gasteiger partial charge in [-0.2, -0.15) is 0 Å². The van der Waals surface area contributed by atoms with Crippen LogP contribution >= 0.6 is 0 Å². The van der Waals surface area contributed by atoms with Gasteiger partial charge in [-0.25, -0.2) is 4.79 Å². The summed E-state index contributed by atoms with van der Waals surface area (Å²) in [5, 5.41) is 3.52. The van der Waals surface area contributed by atoms with E-state index in [2.05, 4.69) is 17.4 Å². The molecule has 1 aliphatic heterocycles. The van der Waals surface area contributed by atoms with Crippen molar-refractivity contribution in [1.82, 2.24) is 15.1 Å². The molecule has 5 heteroatoms. The SMILES string of the molecule is COc1ccc(CNC2CC2)cc1CN1CCN(C)C1=O. The van der Waals surface area contributed by atoms with Crippen molar-refractivity contribution < 1.29 is 9.53 Å². The van der Waals surface area contributed by atoms with Crippen LogP contribution in [0.25, 0.3) is 0 Å². The number of hydrogen-bond donors (Lipinski definition) is 1. The molecule has 0 radical (unpaired) electrons. The molecule has 1 N–H and O–H groups in total. The van der Waals surface area contributed by atoms with Gasteiger partial charge in [0, 0.05) is 38.3 Å². The lowest BCUT2D eigenvalue weighted by Crippen LogP contribution is -2.29. The second-order valence-electron chi connectivity index (χ2n) is 5.93. The number of methoxy groups -OCH3 is 1. The number of nitrogens with one attached hydrogen (secondary N) is 1. The molecule has 2 amide bonds. The molecule has 0 bridgehead atoms. The highest BCUT2D eigenvalue weighted by atomic mass is 16.5. The van der Waals surface area contributed by atoms with Crippen LogP contribution in [0.15, 0.2) is 18.2 Å². The normalized spacial score (nSPS) is 18.5. The zero-order valence-electron chi connectivity index (χ0n) is 12.8. The highest BCUT2D eigenvalue weighted by Crippen LogP contribution is 2.24. The summed E-state index contributed by atoms with van der Waals surface area (Å²) in [6.07, 6.45) is 2.58. The van der Waals surface area contributed by atoms with Crippen molar-refractivity contribution >= 4 is 6.03 Å². The minimum Gasteiger partial charge on any atom is -0.496 e. The predicted molar refractivity (Wildman–Crippen MR) is 81.3 cm³/mol. The highest BCUT2D eigenvalue weighted by Gasteiger charge is 2.26. The van der Waals surface area contributed by atoms with E-state index in [1.54, 1.807) is 12.0 Å². The summed E-state index contributed by atoms with van der Waals surface area (Å²) < 4.78 is 5.44. The predicted octanol–water partition coefficient (Wildman–Crippen LogP) is 1.81. The fraction of sp³-hybridized carbons (Fsp3) is 0.562. The van der Waals surface area contributed by atoms with Gasteiger partial charge in [0.25, 0.3) is 0 Å². The number of nitrogens with zero attached hydrogens (tertiary/aromatic N) is 2. The first-order valence-corrected chi connectivity index (χ1v) is 7.56. The van der Waals surface area contributed by atoms with E-state index in [-0.39, 0.29) is 6.03 Å². The van der Waals surface area contributed by atoms with Gasteiger partial charge in [0.05, 0.1) is 13.7 Å². The van der Waals surface area contributed by atoms with Gasteiger partial charge in [-0.05, 0) is 30.5 Å². The van der Waals surface area contributed by atoms with Gasteiger partial charge in [-0.1, -0.05) is 6.07 Å². The van der Waals surface area contributed by atoms with E-state index in [1.807, 2.05) is 18.0 Å². The van der Waals surface area contributed by atoms with Gasteiger partial charge in [0.15, 0.2) is 0 Å². The van der Waals surface area contributed by atoms with Gasteiger partial charge >= 0.3 is 6.03 Å². The molecule has 1 aromatic carbocycles. The number of benzene rings is 1. The Morgan fingerprint density at radius 3 is 2.76 bits per heavy atom. The molecule has 5 nitrogen and oxygen atoms in total. The molecule has 1 aromatic rings. The smallest absolute Gasteiger partial charge is 0.320 e. The summed E-state index contributed by atoms with van der Waals surface area (Å²) >= 11 is 0. The van der Waals surface area contributed by atoms with Crippen LogP contribution in [-0.2, 0) is 13.1 Å². The van der Waals surface area contributed by atoms with Crippen molar-refractivity contribution in [1.29, 1.82) is 0 Å². The van der Waals surface area contributed by atoms with E-state index in [1.165, 1.54) is 18.4 Å². The number of hydrogen-bond acceptors (Lipinski definition) is 3. The van der Waals surface area contributed by atoms with E-state index in [9.17, 15) is 4.79 Å². The Hall–Kier alpha value is -1.75. The van der Waals surface area contributed by atoms with Crippen molar-refractivity contribution in [2.45, 2.75) is 32.0 Å². The van der Waals surface area contributed by atoms with E-state index in [4.69, 9.17) is 4.74 Å². The van der Waals surface area contributed by atoms with Gasteiger partial charge in [0.1, 0.15) is 5.75 Å². The molecule has 21 heavy (non-hydrogen) atoms. The van der Waals surface area contributed by atoms with Crippen LogP contribution in [0.1, 0.15) is 24.0 Å². The summed E-state index contributed by atoms with van der Waals surface area (Å²) in [6, 6.07) is 7.04. The number of rotatable bonds is 6. The fourth-order valence-corrected chi connectivity index (χ4v) is 2.67. The highest BCUT2D eigenvalue weighted by molar-refractivity contribution is 5.76. The molecule has 1 aliphatic carbocycles. The van der Waals surface area contributed by atoms with Crippen LogP contribution in [0.3, 0.4) is 0 Å². The van der Waals surface area contributed by atoms with Gasteiger partial charge in [-0.15, -0.1) is 0 Å². The average molecular weight is 289 g/mol. The number of carbonyl (C=O) groups excluding carboxylic acids is 1. The molecular weight excluding hydrogens is 266 g/mol. The summed E-state index contributed by atoms with van der Waals surface area (Å²) in [5.41, 5.74) is 2.33. The lowest BCUT2D eigenvalue weighted by molar-refractivity contribution is 0.196. The van der Waals surface area contributed by atoms with E-state index >= 15 is 0 Å². The monoisotopic (exact) mass is 289 g/mol. The van der Waals surface area contributed by atoms with E-state index in [0.29, 0.717) is 12.6 Å². The minimum atomic E-state index is 0.0959. The second kappa shape index (κ2) is 5.93. The van der Waals surface area contributed by atoms with Crippen LogP contribution in [0.2, 0.25) is 0 Å². The average Bonchev–Trinajstić information content (AvgIpc) is 3.27. The van der Waals surface area contributed by atoms with Crippen LogP contribution in [0, 0.1) is 0 Å². The molecule has 114 valence electrons. The van der Waals surface area contributed by atoms with E-state index < -0.39 is 0 Å².